The van der Waals surface area contributed by atoms with Gasteiger partial charge >= 0.3 is 21.4 Å². The number of rotatable bonds is 7. The Bertz CT molecular complexity index is 3080. The molecule has 2 aliphatic heterocycles. The standard InChI is InChI=1S/C54H56B3N5O4/c1-36-49(63-40-27-28-43-42-21-14-15-24-45(42)62(48(43)33-40)50-31-38(29-30-58-50)52(2,3)4)32-39(34-59-36)60-35-61(47-26-17-16-25-46(47)60)51-41(37-19-12-11-13-20-37)22-18-23-44(51)55-64-56(53(5,6)7)66-57(65-55)54(8,9)10/h11-34H,35H2,1-10H3. The molecular formula is C54H56B3N5O4. The van der Waals surface area contributed by atoms with E-state index in [1.165, 1.54) is 5.56 Å². The number of hydrogen-bond acceptors (Lipinski definition) is 8. The molecule has 0 atom stereocenters. The molecule has 5 heterocycles. The summed E-state index contributed by atoms with van der Waals surface area (Å²) in [7, 11) is -1.68. The van der Waals surface area contributed by atoms with Crippen LogP contribution in [0.2, 0.25) is 10.6 Å². The van der Waals surface area contributed by atoms with E-state index in [0.29, 0.717) is 18.2 Å². The summed E-state index contributed by atoms with van der Waals surface area (Å²) >= 11 is 0. The average molecular weight is 872 g/mol. The number of hydrogen-bond donors (Lipinski definition) is 0. The summed E-state index contributed by atoms with van der Waals surface area (Å²) in [6.07, 6.45) is 3.85. The zero-order chi connectivity index (χ0) is 46.1. The molecule has 12 heteroatoms. The van der Waals surface area contributed by atoms with Gasteiger partial charge in [0.2, 0.25) is 0 Å². The van der Waals surface area contributed by atoms with Gasteiger partial charge in [0.25, 0.3) is 0 Å². The third-order valence-electron chi connectivity index (χ3n) is 12.6. The summed E-state index contributed by atoms with van der Waals surface area (Å²) in [6.45, 7) is 22.1. The van der Waals surface area contributed by atoms with E-state index in [1.807, 2.05) is 25.4 Å². The Morgan fingerprint density at radius 1 is 0.606 bits per heavy atom. The zero-order valence-corrected chi connectivity index (χ0v) is 39.7. The van der Waals surface area contributed by atoms with Crippen LogP contribution >= 0.6 is 0 Å². The van der Waals surface area contributed by atoms with E-state index in [1.54, 1.807) is 0 Å². The van der Waals surface area contributed by atoms with Gasteiger partial charge in [0.15, 0.2) is 5.75 Å². The van der Waals surface area contributed by atoms with Crippen molar-refractivity contribution in [2.75, 3.05) is 16.5 Å². The molecule has 0 saturated carbocycles. The van der Waals surface area contributed by atoms with E-state index in [-0.39, 0.29) is 16.0 Å². The Hall–Kier alpha value is -6.33. The zero-order valence-electron chi connectivity index (χ0n) is 39.7. The maximum Gasteiger partial charge on any atom is 0.468 e. The molecule has 0 unspecified atom stereocenters. The van der Waals surface area contributed by atoms with Crippen LogP contribution < -0.4 is 20.0 Å². The molecule has 2 aliphatic rings. The first kappa shape index (κ1) is 43.6. The fourth-order valence-electron chi connectivity index (χ4n) is 9.07. The summed E-state index contributed by atoms with van der Waals surface area (Å²) in [6, 6.07) is 46.7. The fourth-order valence-corrected chi connectivity index (χ4v) is 9.07. The minimum absolute atomic E-state index is 0.0279. The van der Waals surface area contributed by atoms with Crippen molar-refractivity contribution in [3.8, 4) is 28.4 Å². The van der Waals surface area contributed by atoms with E-state index < -0.39 is 21.4 Å². The number of benzene rings is 5. The van der Waals surface area contributed by atoms with Crippen LogP contribution in [0.5, 0.6) is 11.5 Å². The lowest BCUT2D eigenvalue weighted by Crippen LogP contribution is -2.59. The molecule has 9 nitrogen and oxygen atoms in total. The van der Waals surface area contributed by atoms with E-state index in [9.17, 15) is 0 Å². The van der Waals surface area contributed by atoms with Crippen LogP contribution in [-0.2, 0) is 19.1 Å². The Kier molecular flexibility index (Phi) is 10.9. The molecule has 0 N–H and O–H groups in total. The second-order valence-corrected chi connectivity index (χ2v) is 20.8. The number of aromatic nitrogens is 3. The summed E-state index contributed by atoms with van der Waals surface area (Å²) in [4.78, 5) is 14.5. The SMILES string of the molecule is Cc1ncc(N2CN(c3c(B4OB(C(C)(C)C)OB(C(C)(C)C)O4)cccc3-c3ccccc3)c3ccccc32)cc1Oc1ccc2c3ccccc3n(-c3cc(C(C)(C)C)ccn3)c2c1. The van der Waals surface area contributed by atoms with Crippen molar-refractivity contribution in [2.24, 2.45) is 0 Å². The minimum atomic E-state index is -0.692. The second-order valence-electron chi connectivity index (χ2n) is 20.8. The van der Waals surface area contributed by atoms with Crippen LogP contribution in [0.3, 0.4) is 0 Å². The molecule has 330 valence electrons. The van der Waals surface area contributed by atoms with Gasteiger partial charge in [-0.25, -0.2) is 4.98 Å². The number of nitrogens with zero attached hydrogens (tertiary/aromatic N) is 5. The summed E-state index contributed by atoms with van der Waals surface area (Å²) in [5.74, 6) is 2.26. The lowest BCUT2D eigenvalue weighted by molar-refractivity contribution is 0.250. The van der Waals surface area contributed by atoms with Crippen molar-refractivity contribution < 1.29 is 18.5 Å². The molecule has 0 aliphatic carbocycles. The van der Waals surface area contributed by atoms with Crippen molar-refractivity contribution in [1.82, 2.24) is 14.5 Å². The Balaban J connectivity index is 1.04. The van der Waals surface area contributed by atoms with Crippen LogP contribution in [0, 0.1) is 6.92 Å². The average Bonchev–Trinajstić information content (AvgIpc) is 3.85. The van der Waals surface area contributed by atoms with Gasteiger partial charge in [-0.3, -0.25) is 9.55 Å². The van der Waals surface area contributed by atoms with Crippen molar-refractivity contribution >= 4 is 71.4 Å². The topological polar surface area (TPSA) is 74.1 Å². The molecule has 0 bridgehead atoms. The Morgan fingerprint density at radius 3 is 1.98 bits per heavy atom. The predicted molar refractivity (Wildman–Crippen MR) is 273 cm³/mol. The summed E-state index contributed by atoms with van der Waals surface area (Å²) in [5.41, 5.74) is 11.2. The first-order chi connectivity index (χ1) is 31.5. The first-order valence-corrected chi connectivity index (χ1v) is 23.0. The van der Waals surface area contributed by atoms with Gasteiger partial charge in [-0.1, -0.05) is 141 Å². The van der Waals surface area contributed by atoms with Crippen molar-refractivity contribution in [3.05, 3.63) is 157 Å². The number of aryl methyl sites for hydroxylation is 1. The second kappa shape index (κ2) is 16.5. The number of para-hydroxylation sites is 4. The summed E-state index contributed by atoms with van der Waals surface area (Å²) in [5, 5.41) is 1.71. The van der Waals surface area contributed by atoms with Gasteiger partial charge in [-0.15, -0.1) is 0 Å². The highest BCUT2D eigenvalue weighted by molar-refractivity contribution is 6.81. The van der Waals surface area contributed by atoms with Crippen LogP contribution in [0.25, 0.3) is 38.8 Å². The monoisotopic (exact) mass is 871 g/mol. The largest absolute Gasteiger partial charge is 0.468 e. The third kappa shape index (κ3) is 8.05. The molecule has 8 aromatic rings. The molecule has 66 heavy (non-hydrogen) atoms. The molecule has 1 saturated heterocycles. The minimum Gasteiger partial charge on any atom is -0.455 e. The molecule has 3 aromatic heterocycles. The lowest BCUT2D eigenvalue weighted by Gasteiger charge is -2.41. The van der Waals surface area contributed by atoms with Crippen molar-refractivity contribution in [2.45, 2.75) is 85.3 Å². The number of fused-ring (bicyclic) bond motifs is 4. The van der Waals surface area contributed by atoms with E-state index in [2.05, 4.69) is 204 Å². The molecule has 5 aromatic carbocycles. The van der Waals surface area contributed by atoms with E-state index in [0.717, 1.165) is 72.7 Å². The number of ether oxygens (including phenoxy) is 1. The van der Waals surface area contributed by atoms with Gasteiger partial charge in [-0.05, 0) is 76.6 Å². The Morgan fingerprint density at radius 2 is 1.27 bits per heavy atom. The smallest absolute Gasteiger partial charge is 0.455 e. The highest BCUT2D eigenvalue weighted by Crippen LogP contribution is 2.48. The van der Waals surface area contributed by atoms with Crippen molar-refractivity contribution in [1.29, 1.82) is 0 Å². The first-order valence-electron chi connectivity index (χ1n) is 23.0. The third-order valence-corrected chi connectivity index (χ3v) is 12.6. The quantitative estimate of drug-likeness (QED) is 0.147. The van der Waals surface area contributed by atoms with E-state index >= 15 is 0 Å². The number of anilines is 4. The Labute approximate surface area is 390 Å². The van der Waals surface area contributed by atoms with Gasteiger partial charge in [0.1, 0.15) is 18.2 Å². The number of pyridine rings is 2. The summed E-state index contributed by atoms with van der Waals surface area (Å²) < 4.78 is 29.3. The van der Waals surface area contributed by atoms with Crippen LogP contribution in [-0.4, -0.2) is 42.6 Å². The van der Waals surface area contributed by atoms with Gasteiger partial charge in [0.05, 0.1) is 45.7 Å². The van der Waals surface area contributed by atoms with E-state index in [4.69, 9.17) is 28.4 Å². The molecule has 10 rings (SSSR count). The molecule has 0 spiro atoms. The van der Waals surface area contributed by atoms with Crippen LogP contribution in [0.1, 0.15) is 73.6 Å². The molecule has 0 radical (unpaired) electrons. The maximum absolute atomic E-state index is 6.85. The van der Waals surface area contributed by atoms with Gasteiger partial charge in [-0.2, -0.15) is 0 Å². The fraction of sp³-hybridized carbons (Fsp3) is 0.259. The highest BCUT2D eigenvalue weighted by atomic mass is 16.7. The van der Waals surface area contributed by atoms with Crippen LogP contribution in [0.4, 0.5) is 22.7 Å². The lowest BCUT2D eigenvalue weighted by atomic mass is 9.50. The molecular weight excluding hydrogens is 815 g/mol. The van der Waals surface area contributed by atoms with Crippen LogP contribution in [0.15, 0.2) is 146 Å². The predicted octanol–water partition coefficient (Wildman–Crippen LogP) is 13.2. The van der Waals surface area contributed by atoms with Crippen molar-refractivity contribution in [3.63, 3.8) is 0 Å². The normalized spacial score (nSPS) is 14.7. The van der Waals surface area contributed by atoms with Gasteiger partial charge < -0.3 is 28.3 Å². The highest BCUT2D eigenvalue weighted by Gasteiger charge is 2.52. The van der Waals surface area contributed by atoms with Gasteiger partial charge in [0, 0.05) is 40.1 Å². The molecule has 0 amide bonds. The molecule has 1 fully saturated rings. The maximum atomic E-state index is 6.85.